The van der Waals surface area contributed by atoms with E-state index in [0.717, 1.165) is 62.2 Å². The minimum atomic E-state index is 0.365. The molecule has 0 bridgehead atoms. The van der Waals surface area contributed by atoms with E-state index in [1.807, 2.05) is 24.3 Å². The van der Waals surface area contributed by atoms with E-state index in [2.05, 4.69) is 15.6 Å². The van der Waals surface area contributed by atoms with Crippen molar-refractivity contribution in [2.75, 3.05) is 33.4 Å². The third kappa shape index (κ3) is 7.20. The standard InChI is InChI=1S/C17H26ClN3O2/c1-19-17(21-13-14-4-2-5-15(18)12-14)20-8-3-9-23-16-6-10-22-11-7-16/h2,4-5,12,16H,3,6-11,13H2,1H3,(H2,19,20,21). The van der Waals surface area contributed by atoms with Crippen molar-refractivity contribution < 1.29 is 9.47 Å². The van der Waals surface area contributed by atoms with Crippen LogP contribution in [0.3, 0.4) is 0 Å². The van der Waals surface area contributed by atoms with Crippen molar-refractivity contribution in [2.24, 2.45) is 4.99 Å². The minimum Gasteiger partial charge on any atom is -0.381 e. The van der Waals surface area contributed by atoms with E-state index < -0.39 is 0 Å². The molecule has 1 aromatic carbocycles. The van der Waals surface area contributed by atoms with Gasteiger partial charge in [-0.15, -0.1) is 0 Å². The van der Waals surface area contributed by atoms with Gasteiger partial charge >= 0.3 is 0 Å². The normalized spacial score (nSPS) is 16.3. The Bertz CT molecular complexity index is 490. The summed E-state index contributed by atoms with van der Waals surface area (Å²) >= 11 is 5.98. The van der Waals surface area contributed by atoms with E-state index >= 15 is 0 Å². The number of halogens is 1. The van der Waals surface area contributed by atoms with Crippen molar-refractivity contribution in [2.45, 2.75) is 31.9 Å². The first-order valence-corrected chi connectivity index (χ1v) is 8.54. The Labute approximate surface area is 143 Å². The van der Waals surface area contributed by atoms with Gasteiger partial charge in [-0.1, -0.05) is 23.7 Å². The van der Waals surface area contributed by atoms with Crippen molar-refractivity contribution in [3.63, 3.8) is 0 Å². The smallest absolute Gasteiger partial charge is 0.191 e. The second-order valence-electron chi connectivity index (χ2n) is 5.52. The van der Waals surface area contributed by atoms with E-state index in [-0.39, 0.29) is 0 Å². The van der Waals surface area contributed by atoms with Crippen molar-refractivity contribution in [3.8, 4) is 0 Å². The SMILES string of the molecule is CN=C(NCCCOC1CCOCC1)NCc1cccc(Cl)c1. The monoisotopic (exact) mass is 339 g/mol. The number of hydrogen-bond donors (Lipinski definition) is 2. The molecule has 2 N–H and O–H groups in total. The molecule has 1 aromatic rings. The zero-order valence-corrected chi connectivity index (χ0v) is 14.4. The van der Waals surface area contributed by atoms with Crippen molar-refractivity contribution >= 4 is 17.6 Å². The molecular weight excluding hydrogens is 314 g/mol. The third-order valence-electron chi connectivity index (χ3n) is 3.71. The molecule has 0 radical (unpaired) electrons. The number of aliphatic imine (C=N–C) groups is 1. The first-order valence-electron chi connectivity index (χ1n) is 8.16. The second kappa shape index (κ2) is 10.5. The van der Waals surface area contributed by atoms with Gasteiger partial charge in [0, 0.05) is 45.0 Å². The lowest BCUT2D eigenvalue weighted by molar-refractivity contribution is -0.0320. The number of benzene rings is 1. The Balaban J connectivity index is 1.57. The average Bonchev–Trinajstić information content (AvgIpc) is 2.58. The van der Waals surface area contributed by atoms with Crippen LogP contribution in [-0.2, 0) is 16.0 Å². The molecular formula is C17H26ClN3O2. The predicted molar refractivity (Wildman–Crippen MR) is 94.1 cm³/mol. The highest BCUT2D eigenvalue weighted by molar-refractivity contribution is 6.30. The molecule has 0 aliphatic carbocycles. The van der Waals surface area contributed by atoms with Crippen LogP contribution < -0.4 is 10.6 Å². The molecule has 0 unspecified atom stereocenters. The van der Waals surface area contributed by atoms with Crippen molar-refractivity contribution in [1.29, 1.82) is 0 Å². The number of ether oxygens (including phenoxy) is 2. The topological polar surface area (TPSA) is 54.9 Å². The van der Waals surface area contributed by atoms with Gasteiger partial charge in [-0.25, -0.2) is 0 Å². The summed E-state index contributed by atoms with van der Waals surface area (Å²) in [7, 11) is 1.77. The Hall–Kier alpha value is -1.30. The molecule has 2 rings (SSSR count). The van der Waals surface area contributed by atoms with Gasteiger partial charge in [0.05, 0.1) is 6.10 Å². The summed E-state index contributed by atoms with van der Waals surface area (Å²) in [6.07, 6.45) is 3.34. The van der Waals surface area contributed by atoms with Gasteiger partial charge in [0.2, 0.25) is 0 Å². The number of guanidine groups is 1. The van der Waals surface area contributed by atoms with Crippen LogP contribution in [0.4, 0.5) is 0 Å². The van der Waals surface area contributed by atoms with E-state index in [4.69, 9.17) is 21.1 Å². The predicted octanol–water partition coefficient (Wildman–Crippen LogP) is 2.59. The Kier molecular flexibility index (Phi) is 8.21. The highest BCUT2D eigenvalue weighted by atomic mass is 35.5. The summed E-state index contributed by atoms with van der Waals surface area (Å²) < 4.78 is 11.2. The fourth-order valence-electron chi connectivity index (χ4n) is 2.42. The van der Waals surface area contributed by atoms with Gasteiger partial charge < -0.3 is 20.1 Å². The van der Waals surface area contributed by atoms with Gasteiger partial charge in [0.1, 0.15) is 0 Å². The second-order valence-corrected chi connectivity index (χ2v) is 5.95. The molecule has 6 heteroatoms. The van der Waals surface area contributed by atoms with Gasteiger partial charge in [-0.3, -0.25) is 4.99 Å². The lowest BCUT2D eigenvalue weighted by Gasteiger charge is -2.22. The molecule has 0 spiro atoms. The van der Waals surface area contributed by atoms with E-state index in [1.54, 1.807) is 7.05 Å². The average molecular weight is 340 g/mol. The first-order chi connectivity index (χ1) is 11.3. The van der Waals surface area contributed by atoms with Crippen LogP contribution in [0.5, 0.6) is 0 Å². The van der Waals surface area contributed by atoms with Crippen molar-refractivity contribution in [1.82, 2.24) is 10.6 Å². The summed E-state index contributed by atoms with van der Waals surface area (Å²) in [5.41, 5.74) is 1.13. The maximum atomic E-state index is 5.98. The molecule has 1 fully saturated rings. The summed E-state index contributed by atoms with van der Waals surface area (Å²) in [6, 6.07) is 7.80. The molecule has 0 atom stereocenters. The highest BCUT2D eigenvalue weighted by Gasteiger charge is 2.13. The molecule has 1 aliphatic heterocycles. The summed E-state index contributed by atoms with van der Waals surface area (Å²) in [6.45, 7) is 3.94. The number of hydrogen-bond acceptors (Lipinski definition) is 3. The van der Waals surface area contributed by atoms with Crippen LogP contribution in [-0.4, -0.2) is 45.5 Å². The molecule has 0 saturated carbocycles. The molecule has 128 valence electrons. The zero-order valence-electron chi connectivity index (χ0n) is 13.7. The molecule has 1 heterocycles. The van der Waals surface area contributed by atoms with Crippen LogP contribution in [0.1, 0.15) is 24.8 Å². The van der Waals surface area contributed by atoms with Gasteiger partial charge in [0.15, 0.2) is 5.96 Å². The number of rotatable bonds is 7. The summed E-state index contributed by atoms with van der Waals surface area (Å²) in [5.74, 6) is 0.788. The number of nitrogens with one attached hydrogen (secondary N) is 2. The van der Waals surface area contributed by atoms with E-state index in [9.17, 15) is 0 Å². The molecule has 0 amide bonds. The van der Waals surface area contributed by atoms with E-state index in [1.165, 1.54) is 0 Å². The van der Waals surface area contributed by atoms with Crippen molar-refractivity contribution in [3.05, 3.63) is 34.9 Å². The van der Waals surface area contributed by atoms with Crippen LogP contribution >= 0.6 is 11.6 Å². The summed E-state index contributed by atoms with van der Waals surface area (Å²) in [5, 5.41) is 7.32. The van der Waals surface area contributed by atoms with Gasteiger partial charge in [-0.2, -0.15) is 0 Å². The highest BCUT2D eigenvalue weighted by Crippen LogP contribution is 2.11. The Morgan fingerprint density at radius 2 is 2.17 bits per heavy atom. The lowest BCUT2D eigenvalue weighted by Crippen LogP contribution is -2.37. The van der Waals surface area contributed by atoms with Gasteiger partial charge in [-0.05, 0) is 37.0 Å². The first kappa shape index (κ1) is 18.0. The number of nitrogens with zero attached hydrogens (tertiary/aromatic N) is 1. The van der Waals surface area contributed by atoms with Crippen LogP contribution in [0.25, 0.3) is 0 Å². The molecule has 5 nitrogen and oxygen atoms in total. The fourth-order valence-corrected chi connectivity index (χ4v) is 2.64. The van der Waals surface area contributed by atoms with Crippen LogP contribution in [0.2, 0.25) is 5.02 Å². The Morgan fingerprint density at radius 1 is 1.35 bits per heavy atom. The summed E-state index contributed by atoms with van der Waals surface area (Å²) in [4.78, 5) is 4.22. The van der Waals surface area contributed by atoms with Gasteiger partial charge in [0.25, 0.3) is 0 Å². The fraction of sp³-hybridized carbons (Fsp3) is 0.588. The molecule has 23 heavy (non-hydrogen) atoms. The molecule has 1 aliphatic rings. The maximum Gasteiger partial charge on any atom is 0.191 e. The van der Waals surface area contributed by atoms with Crippen LogP contribution in [0, 0.1) is 0 Å². The zero-order chi connectivity index (χ0) is 16.3. The molecule has 0 aromatic heterocycles. The van der Waals surface area contributed by atoms with Crippen LogP contribution in [0.15, 0.2) is 29.3 Å². The van der Waals surface area contributed by atoms with E-state index in [0.29, 0.717) is 12.6 Å². The molecule has 1 saturated heterocycles. The lowest BCUT2D eigenvalue weighted by atomic mass is 10.1. The Morgan fingerprint density at radius 3 is 2.91 bits per heavy atom. The quantitative estimate of drug-likeness (QED) is 0.455. The third-order valence-corrected chi connectivity index (χ3v) is 3.94. The maximum absolute atomic E-state index is 5.98. The minimum absolute atomic E-state index is 0.365. The largest absolute Gasteiger partial charge is 0.381 e.